The van der Waals surface area contributed by atoms with Crippen molar-refractivity contribution in [2.45, 2.75) is 45.7 Å². The van der Waals surface area contributed by atoms with Crippen LogP contribution < -0.4 is 5.32 Å². The molecule has 0 aliphatic carbocycles. The quantitative estimate of drug-likeness (QED) is 0.701. The first-order valence-corrected chi connectivity index (χ1v) is 8.44. The van der Waals surface area contributed by atoms with Gasteiger partial charge in [0.25, 0.3) is 0 Å². The first-order valence-electron chi connectivity index (χ1n) is 7.56. The van der Waals surface area contributed by atoms with Gasteiger partial charge < -0.3 is 5.32 Å². The molecule has 0 spiro atoms. The lowest BCUT2D eigenvalue weighted by Gasteiger charge is -2.28. The van der Waals surface area contributed by atoms with E-state index in [9.17, 15) is 0 Å². The summed E-state index contributed by atoms with van der Waals surface area (Å²) in [6.07, 6.45) is 2.39. The van der Waals surface area contributed by atoms with Gasteiger partial charge in [-0.15, -0.1) is 11.3 Å². The van der Waals surface area contributed by atoms with E-state index in [2.05, 4.69) is 73.9 Å². The fraction of sp³-hybridized carbons (Fsp3) is 0.444. The van der Waals surface area contributed by atoms with E-state index in [4.69, 9.17) is 0 Å². The predicted octanol–water partition coefficient (Wildman–Crippen LogP) is 5.58. The zero-order valence-electron chi connectivity index (χ0n) is 12.7. The number of thiophene rings is 1. The number of benzene rings is 1. The van der Waals surface area contributed by atoms with Gasteiger partial charge in [-0.25, -0.2) is 0 Å². The van der Waals surface area contributed by atoms with Crippen molar-refractivity contribution in [3.63, 3.8) is 0 Å². The molecule has 0 aliphatic rings. The first-order chi connectivity index (χ1) is 9.72. The van der Waals surface area contributed by atoms with E-state index >= 15 is 0 Å². The zero-order valence-corrected chi connectivity index (χ0v) is 13.5. The van der Waals surface area contributed by atoms with Gasteiger partial charge in [-0.05, 0) is 29.3 Å². The monoisotopic (exact) mass is 287 g/mol. The van der Waals surface area contributed by atoms with Crippen molar-refractivity contribution in [2.75, 3.05) is 0 Å². The standard InChI is InChI=1S/C18H25NS/c1-4-9-16(17-12-8-13-20-17)19-18(14(2)3)15-10-6-5-7-11-15/h5-8,10-14,16,18-19H,4,9H2,1-3H3. The van der Waals surface area contributed by atoms with Gasteiger partial charge in [0.15, 0.2) is 0 Å². The van der Waals surface area contributed by atoms with Crippen molar-refractivity contribution in [1.29, 1.82) is 0 Å². The zero-order chi connectivity index (χ0) is 14.4. The fourth-order valence-corrected chi connectivity index (χ4v) is 3.46. The largest absolute Gasteiger partial charge is 0.302 e. The second-order valence-corrected chi connectivity index (χ2v) is 6.63. The summed E-state index contributed by atoms with van der Waals surface area (Å²) in [5.74, 6) is 0.580. The average molecular weight is 287 g/mol. The molecule has 2 atom stereocenters. The Balaban J connectivity index is 2.17. The predicted molar refractivity (Wildman–Crippen MR) is 89.1 cm³/mol. The maximum Gasteiger partial charge on any atom is 0.0419 e. The van der Waals surface area contributed by atoms with Crippen LogP contribution in [0.4, 0.5) is 0 Å². The van der Waals surface area contributed by atoms with Crippen molar-refractivity contribution in [2.24, 2.45) is 5.92 Å². The summed E-state index contributed by atoms with van der Waals surface area (Å²) in [6, 6.07) is 16.1. The van der Waals surface area contributed by atoms with Crippen molar-refractivity contribution < 1.29 is 0 Å². The number of hydrogen-bond acceptors (Lipinski definition) is 2. The lowest BCUT2D eigenvalue weighted by Crippen LogP contribution is -2.29. The molecule has 2 aromatic rings. The normalized spacial score (nSPS) is 14.4. The number of hydrogen-bond donors (Lipinski definition) is 1. The molecule has 0 saturated heterocycles. The third kappa shape index (κ3) is 3.94. The number of rotatable bonds is 7. The molecule has 2 heteroatoms. The second kappa shape index (κ2) is 7.61. The van der Waals surface area contributed by atoms with E-state index in [-0.39, 0.29) is 0 Å². The summed E-state index contributed by atoms with van der Waals surface area (Å²) in [6.45, 7) is 6.85. The van der Waals surface area contributed by atoms with Crippen LogP contribution in [0.5, 0.6) is 0 Å². The van der Waals surface area contributed by atoms with E-state index in [0.29, 0.717) is 18.0 Å². The lowest BCUT2D eigenvalue weighted by atomic mass is 9.94. The van der Waals surface area contributed by atoms with Gasteiger partial charge in [0.05, 0.1) is 0 Å². The highest BCUT2D eigenvalue weighted by atomic mass is 32.1. The molecule has 0 bridgehead atoms. The van der Waals surface area contributed by atoms with E-state index < -0.39 is 0 Å². The molecule has 2 unspecified atom stereocenters. The molecular formula is C18H25NS. The Kier molecular flexibility index (Phi) is 5.81. The maximum atomic E-state index is 3.88. The van der Waals surface area contributed by atoms with Crippen LogP contribution in [0.3, 0.4) is 0 Å². The summed E-state index contributed by atoms with van der Waals surface area (Å²) in [5, 5.41) is 6.06. The number of nitrogens with one attached hydrogen (secondary N) is 1. The first kappa shape index (κ1) is 15.3. The van der Waals surface area contributed by atoms with Gasteiger partial charge in [-0.1, -0.05) is 63.6 Å². The van der Waals surface area contributed by atoms with Crippen LogP contribution in [0.1, 0.15) is 56.1 Å². The minimum Gasteiger partial charge on any atom is -0.302 e. The van der Waals surface area contributed by atoms with Gasteiger partial charge in [-0.3, -0.25) is 0 Å². The molecule has 1 aromatic carbocycles. The van der Waals surface area contributed by atoms with E-state index in [1.807, 2.05) is 11.3 Å². The van der Waals surface area contributed by atoms with Crippen LogP contribution in [0, 0.1) is 5.92 Å². The molecule has 0 aliphatic heterocycles. The molecule has 108 valence electrons. The highest BCUT2D eigenvalue weighted by Crippen LogP contribution is 2.30. The fourth-order valence-electron chi connectivity index (χ4n) is 2.64. The van der Waals surface area contributed by atoms with Gasteiger partial charge in [-0.2, -0.15) is 0 Å². The van der Waals surface area contributed by atoms with Crippen LogP contribution in [0.25, 0.3) is 0 Å². The van der Waals surface area contributed by atoms with Crippen molar-refractivity contribution in [1.82, 2.24) is 5.32 Å². The molecule has 20 heavy (non-hydrogen) atoms. The molecule has 1 N–H and O–H groups in total. The molecule has 0 saturated carbocycles. The SMILES string of the molecule is CCCC(NC(c1ccccc1)C(C)C)c1cccs1. The molecule has 1 nitrogen and oxygen atoms in total. The molecular weight excluding hydrogens is 262 g/mol. The topological polar surface area (TPSA) is 12.0 Å². The molecule has 0 radical (unpaired) electrons. The van der Waals surface area contributed by atoms with E-state index in [1.165, 1.54) is 23.3 Å². The third-order valence-electron chi connectivity index (χ3n) is 3.67. The molecule has 0 amide bonds. The highest BCUT2D eigenvalue weighted by Gasteiger charge is 2.21. The van der Waals surface area contributed by atoms with Gasteiger partial charge in [0.1, 0.15) is 0 Å². The minimum atomic E-state index is 0.412. The Morgan fingerprint density at radius 1 is 1.05 bits per heavy atom. The minimum absolute atomic E-state index is 0.412. The Hall–Kier alpha value is -1.12. The highest BCUT2D eigenvalue weighted by molar-refractivity contribution is 7.10. The van der Waals surface area contributed by atoms with Crippen molar-refractivity contribution in [3.05, 3.63) is 58.3 Å². The van der Waals surface area contributed by atoms with Crippen LogP contribution in [0.2, 0.25) is 0 Å². The Morgan fingerprint density at radius 2 is 1.80 bits per heavy atom. The third-order valence-corrected chi connectivity index (χ3v) is 4.66. The van der Waals surface area contributed by atoms with Crippen LogP contribution >= 0.6 is 11.3 Å². The van der Waals surface area contributed by atoms with Gasteiger partial charge >= 0.3 is 0 Å². The van der Waals surface area contributed by atoms with Crippen molar-refractivity contribution >= 4 is 11.3 Å². The summed E-state index contributed by atoms with van der Waals surface area (Å²) in [5.41, 5.74) is 1.39. The van der Waals surface area contributed by atoms with Crippen LogP contribution in [-0.2, 0) is 0 Å². The van der Waals surface area contributed by atoms with Gasteiger partial charge in [0.2, 0.25) is 0 Å². The van der Waals surface area contributed by atoms with Crippen LogP contribution in [0.15, 0.2) is 47.8 Å². The lowest BCUT2D eigenvalue weighted by molar-refractivity contribution is 0.352. The van der Waals surface area contributed by atoms with Crippen LogP contribution in [-0.4, -0.2) is 0 Å². The molecule has 1 heterocycles. The summed E-state index contributed by atoms with van der Waals surface area (Å²) >= 11 is 1.86. The summed E-state index contributed by atoms with van der Waals surface area (Å²) < 4.78 is 0. The Labute approximate surface area is 127 Å². The molecule has 2 rings (SSSR count). The maximum absolute atomic E-state index is 3.88. The molecule has 1 aromatic heterocycles. The average Bonchev–Trinajstić information content (AvgIpc) is 2.98. The van der Waals surface area contributed by atoms with E-state index in [0.717, 1.165) is 0 Å². The second-order valence-electron chi connectivity index (χ2n) is 5.66. The summed E-state index contributed by atoms with van der Waals surface area (Å²) in [7, 11) is 0. The Bertz CT molecular complexity index is 475. The van der Waals surface area contributed by atoms with Gasteiger partial charge in [0, 0.05) is 17.0 Å². The smallest absolute Gasteiger partial charge is 0.0419 e. The van der Waals surface area contributed by atoms with Crippen molar-refractivity contribution in [3.8, 4) is 0 Å². The summed E-state index contributed by atoms with van der Waals surface area (Å²) in [4.78, 5) is 1.45. The Morgan fingerprint density at radius 3 is 2.35 bits per heavy atom. The van der Waals surface area contributed by atoms with E-state index in [1.54, 1.807) is 0 Å². The molecule has 0 fully saturated rings.